The topological polar surface area (TPSA) is 93.2 Å². The third-order valence-electron chi connectivity index (χ3n) is 3.73. The normalized spacial score (nSPS) is 13.6. The van der Waals surface area contributed by atoms with Crippen LogP contribution in [0.25, 0.3) is 0 Å². The van der Waals surface area contributed by atoms with Crippen molar-refractivity contribution < 1.29 is 19.0 Å². The number of nitrogens with zero attached hydrogens (tertiary/aromatic N) is 1. The van der Waals surface area contributed by atoms with E-state index in [0.717, 1.165) is 18.5 Å². The maximum Gasteiger partial charge on any atom is 0.407 e. The van der Waals surface area contributed by atoms with Crippen molar-refractivity contribution in [1.82, 2.24) is 16.0 Å². The van der Waals surface area contributed by atoms with Crippen LogP contribution in [0.3, 0.4) is 0 Å². The Morgan fingerprint density at radius 1 is 1.17 bits per heavy atom. The van der Waals surface area contributed by atoms with Crippen LogP contribution in [0.1, 0.15) is 39.7 Å². The smallest absolute Gasteiger partial charge is 0.407 e. The van der Waals surface area contributed by atoms with E-state index in [9.17, 15) is 4.79 Å². The molecular formula is C20H31ClN4O4. The molecule has 0 aliphatic carbocycles. The van der Waals surface area contributed by atoms with Gasteiger partial charge in [0.25, 0.3) is 0 Å². The van der Waals surface area contributed by atoms with Gasteiger partial charge in [0.05, 0.1) is 11.6 Å². The first-order valence-corrected chi connectivity index (χ1v) is 10.2. The van der Waals surface area contributed by atoms with Gasteiger partial charge in [0.1, 0.15) is 18.8 Å². The number of benzene rings is 1. The van der Waals surface area contributed by atoms with Gasteiger partial charge >= 0.3 is 6.09 Å². The third kappa shape index (κ3) is 8.27. The molecule has 1 aromatic carbocycles. The zero-order valence-corrected chi connectivity index (χ0v) is 18.3. The summed E-state index contributed by atoms with van der Waals surface area (Å²) in [5.41, 5.74) is 0.437. The Morgan fingerprint density at radius 2 is 1.90 bits per heavy atom. The Bertz CT molecular complexity index is 719. The highest BCUT2D eigenvalue weighted by atomic mass is 35.5. The molecule has 0 atom stereocenters. The molecular weight excluding hydrogens is 396 g/mol. The Hall–Kier alpha value is -2.35. The summed E-state index contributed by atoms with van der Waals surface area (Å²) in [7, 11) is 0. The number of aliphatic imine (C=N–C) groups is 1. The molecule has 1 aromatic rings. The van der Waals surface area contributed by atoms with Gasteiger partial charge < -0.3 is 30.2 Å². The summed E-state index contributed by atoms with van der Waals surface area (Å²) in [4.78, 5) is 16.2. The first-order chi connectivity index (χ1) is 13.8. The van der Waals surface area contributed by atoms with Crippen molar-refractivity contribution in [1.29, 1.82) is 0 Å². The molecule has 2 rings (SSSR count). The monoisotopic (exact) mass is 426 g/mol. The van der Waals surface area contributed by atoms with E-state index in [4.69, 9.17) is 25.8 Å². The third-order valence-corrected chi connectivity index (χ3v) is 4.02. The number of hydrogen-bond donors (Lipinski definition) is 3. The maximum atomic E-state index is 11.6. The molecule has 0 fully saturated rings. The lowest BCUT2D eigenvalue weighted by molar-refractivity contribution is 0.0527. The fraction of sp³-hybridized carbons (Fsp3) is 0.600. The number of ether oxygens (including phenoxy) is 3. The van der Waals surface area contributed by atoms with Gasteiger partial charge in [-0.25, -0.2) is 9.79 Å². The number of alkyl carbamates (subject to hydrolysis) is 1. The Balaban J connectivity index is 1.81. The van der Waals surface area contributed by atoms with E-state index in [1.807, 2.05) is 39.8 Å². The minimum atomic E-state index is -0.496. The van der Waals surface area contributed by atoms with Crippen LogP contribution in [0.15, 0.2) is 17.1 Å². The largest absolute Gasteiger partial charge is 0.486 e. The summed E-state index contributed by atoms with van der Waals surface area (Å²) in [5, 5.41) is 9.71. The van der Waals surface area contributed by atoms with Crippen molar-refractivity contribution in [2.24, 2.45) is 4.99 Å². The van der Waals surface area contributed by atoms with Crippen LogP contribution < -0.4 is 25.4 Å². The Labute approximate surface area is 177 Å². The molecule has 1 heterocycles. The molecule has 3 N–H and O–H groups in total. The number of fused-ring (bicyclic) bond motifs is 1. The summed E-state index contributed by atoms with van der Waals surface area (Å²) in [5.74, 6) is 1.93. The van der Waals surface area contributed by atoms with E-state index in [1.54, 1.807) is 0 Å². The van der Waals surface area contributed by atoms with E-state index in [0.29, 0.717) is 55.3 Å². The van der Waals surface area contributed by atoms with Gasteiger partial charge in [-0.3, -0.25) is 0 Å². The lowest BCUT2D eigenvalue weighted by atomic mass is 10.2. The molecule has 0 saturated heterocycles. The molecule has 0 saturated carbocycles. The summed E-state index contributed by atoms with van der Waals surface area (Å²) in [6.45, 7) is 10.9. The molecule has 1 amide bonds. The molecule has 1 aliphatic heterocycles. The number of amides is 1. The van der Waals surface area contributed by atoms with Crippen LogP contribution in [-0.2, 0) is 11.3 Å². The molecule has 29 heavy (non-hydrogen) atoms. The van der Waals surface area contributed by atoms with Crippen LogP contribution in [-0.4, -0.2) is 50.5 Å². The van der Waals surface area contributed by atoms with Gasteiger partial charge in [0.15, 0.2) is 17.5 Å². The zero-order valence-electron chi connectivity index (χ0n) is 17.6. The fourth-order valence-corrected chi connectivity index (χ4v) is 2.86. The summed E-state index contributed by atoms with van der Waals surface area (Å²) in [6.07, 6.45) is 0.327. The zero-order chi connectivity index (χ0) is 21.3. The molecule has 0 bridgehead atoms. The van der Waals surface area contributed by atoms with E-state index < -0.39 is 11.7 Å². The second-order valence-corrected chi connectivity index (χ2v) is 7.91. The first-order valence-electron chi connectivity index (χ1n) is 9.85. The van der Waals surface area contributed by atoms with Gasteiger partial charge in [-0.15, -0.1) is 0 Å². The second-order valence-electron chi connectivity index (χ2n) is 7.51. The number of carbonyl (C=O) groups is 1. The van der Waals surface area contributed by atoms with Gasteiger partial charge in [-0.1, -0.05) is 11.6 Å². The molecule has 1 aliphatic rings. The van der Waals surface area contributed by atoms with Crippen LogP contribution in [0.5, 0.6) is 11.5 Å². The fourth-order valence-electron chi connectivity index (χ4n) is 2.57. The van der Waals surface area contributed by atoms with E-state index in [1.165, 1.54) is 0 Å². The van der Waals surface area contributed by atoms with Crippen molar-refractivity contribution in [2.45, 2.75) is 46.3 Å². The van der Waals surface area contributed by atoms with E-state index >= 15 is 0 Å². The average Bonchev–Trinajstić information content (AvgIpc) is 2.64. The molecule has 0 unspecified atom stereocenters. The van der Waals surface area contributed by atoms with Crippen LogP contribution in [0.2, 0.25) is 5.02 Å². The van der Waals surface area contributed by atoms with Crippen LogP contribution in [0.4, 0.5) is 4.79 Å². The highest BCUT2D eigenvalue weighted by Crippen LogP contribution is 2.38. The van der Waals surface area contributed by atoms with Gasteiger partial charge in [-0.2, -0.15) is 0 Å². The summed E-state index contributed by atoms with van der Waals surface area (Å²) >= 11 is 6.28. The second kappa shape index (κ2) is 11.0. The van der Waals surface area contributed by atoms with Crippen molar-refractivity contribution >= 4 is 23.7 Å². The minimum Gasteiger partial charge on any atom is -0.486 e. The molecule has 162 valence electrons. The van der Waals surface area contributed by atoms with Crippen molar-refractivity contribution in [3.8, 4) is 11.5 Å². The number of carbonyl (C=O) groups excluding carboxylic acids is 1. The van der Waals surface area contributed by atoms with Crippen molar-refractivity contribution in [3.05, 3.63) is 22.7 Å². The number of rotatable bonds is 7. The predicted octanol–water partition coefficient (Wildman–Crippen LogP) is 3.08. The molecule has 9 heteroatoms. The van der Waals surface area contributed by atoms with E-state index in [-0.39, 0.29) is 0 Å². The highest BCUT2D eigenvalue weighted by molar-refractivity contribution is 6.32. The Morgan fingerprint density at radius 3 is 2.62 bits per heavy atom. The van der Waals surface area contributed by atoms with E-state index in [2.05, 4.69) is 20.9 Å². The first kappa shape index (κ1) is 22.9. The number of hydrogen-bond acceptors (Lipinski definition) is 5. The van der Waals surface area contributed by atoms with Gasteiger partial charge in [-0.05, 0) is 51.8 Å². The van der Waals surface area contributed by atoms with Gasteiger partial charge in [0.2, 0.25) is 0 Å². The van der Waals surface area contributed by atoms with Crippen LogP contribution >= 0.6 is 11.6 Å². The minimum absolute atomic E-state index is 0.409. The van der Waals surface area contributed by atoms with Crippen LogP contribution in [0, 0.1) is 0 Å². The highest BCUT2D eigenvalue weighted by Gasteiger charge is 2.17. The lowest BCUT2D eigenvalue weighted by Crippen LogP contribution is -2.39. The molecule has 0 spiro atoms. The lowest BCUT2D eigenvalue weighted by Gasteiger charge is -2.20. The number of halogens is 1. The van der Waals surface area contributed by atoms with Crippen molar-refractivity contribution in [2.75, 3.05) is 32.8 Å². The van der Waals surface area contributed by atoms with Crippen molar-refractivity contribution in [3.63, 3.8) is 0 Å². The molecule has 0 radical (unpaired) electrons. The number of guanidine groups is 1. The maximum absolute atomic E-state index is 11.6. The standard InChI is InChI=1S/C20H31ClN4O4/c1-5-22-18(23-7-6-8-24-19(26)29-20(2,3)4)25-13-14-11-15(21)17-16(12-14)27-9-10-28-17/h11-12H,5-10,13H2,1-4H3,(H,24,26)(H2,22,23,25). The average molecular weight is 427 g/mol. The SMILES string of the molecule is CCNC(=NCc1cc(Cl)c2c(c1)OCCO2)NCCCNC(=O)OC(C)(C)C. The Kier molecular flexibility index (Phi) is 8.70. The predicted molar refractivity (Wildman–Crippen MR) is 114 cm³/mol. The molecule has 8 nitrogen and oxygen atoms in total. The quantitative estimate of drug-likeness (QED) is 0.352. The molecule has 0 aromatic heterocycles. The number of nitrogens with one attached hydrogen (secondary N) is 3. The van der Waals surface area contributed by atoms with Gasteiger partial charge in [0, 0.05) is 19.6 Å². The summed E-state index contributed by atoms with van der Waals surface area (Å²) < 4.78 is 16.3. The summed E-state index contributed by atoms with van der Waals surface area (Å²) in [6, 6.07) is 3.74.